The first kappa shape index (κ1) is 114. The molecule has 0 fully saturated rings. The maximum atomic E-state index is 7.40. The van der Waals surface area contributed by atoms with Crippen molar-refractivity contribution in [1.29, 1.82) is 0 Å². The lowest BCUT2D eigenvalue weighted by Crippen LogP contribution is -2.19. The van der Waals surface area contributed by atoms with E-state index in [1.807, 2.05) is 0 Å². The second-order valence-electron chi connectivity index (χ2n) is 41.9. The number of unbranched alkanes of at least 4 members (excludes halogenated alkanes) is 45. The molecule has 0 radical (unpaired) electrons. The minimum absolute atomic E-state index is 0.0716. The molecule has 3 unspecified atom stereocenters. The van der Waals surface area contributed by atoms with E-state index >= 15 is 0 Å². The van der Waals surface area contributed by atoms with Crippen LogP contribution in [0, 0.1) is 20.8 Å². The van der Waals surface area contributed by atoms with Crippen molar-refractivity contribution in [2.75, 3.05) is 19.8 Å². The van der Waals surface area contributed by atoms with Crippen LogP contribution in [0.4, 0.5) is 0 Å². The van der Waals surface area contributed by atoms with Crippen molar-refractivity contribution in [1.82, 2.24) is 0 Å². The summed E-state index contributed by atoms with van der Waals surface area (Å²) in [5.41, 5.74) is 13.7. The van der Waals surface area contributed by atoms with Gasteiger partial charge < -0.3 is 36.2 Å². The minimum atomic E-state index is -1.99. The largest absolute Gasteiger partial charge is 0.530 e. The van der Waals surface area contributed by atoms with Crippen molar-refractivity contribution in [3.05, 3.63) is 176 Å². The van der Waals surface area contributed by atoms with Gasteiger partial charge in [-0.1, -0.05) is 454 Å². The van der Waals surface area contributed by atoms with E-state index in [4.69, 9.17) is 40.7 Å². The summed E-state index contributed by atoms with van der Waals surface area (Å²) in [6.07, 6.45) is 68.7. The maximum Gasteiger partial charge on any atom is 0.530 e. The summed E-state index contributed by atoms with van der Waals surface area (Å²) in [5.74, 6) is 4.79. The first-order chi connectivity index (χ1) is 62.9. The molecule has 3 atom stereocenters. The van der Waals surface area contributed by atoms with Gasteiger partial charge in [-0.2, -0.15) is 0 Å². The van der Waals surface area contributed by atoms with Crippen LogP contribution in [0.2, 0.25) is 0 Å². The Morgan fingerprint density at radius 3 is 0.762 bits per heavy atom. The normalized spacial score (nSPS) is 12.8. The van der Waals surface area contributed by atoms with Crippen LogP contribution in [0.15, 0.2) is 109 Å². The molecule has 0 aromatic heterocycles. The zero-order valence-electron chi connectivity index (χ0n) is 87.1. The molecule has 734 valence electrons. The standard InChI is InChI=1S/C118H193O9P3/c1-20-26-32-38-44-47-50-56-62-68-83-119-128(120-84-69-63-57-51-48-45-39-33-27-21-2)125-113-88-98(9)107(94-111(113)117(14,15)16)109(108-95-112(118(17,18)19)114(89-99(108)10)126-129(121-85-70-64-58-52-49-46-40-34-28-22-3)122-103-80-71-77-100(90-103)74-65-59-53-41-35-29-23-4)86-96(7)106-93-110(116(11,12)13)115(87-97(106)8)127-130(123-104-81-72-78-101(91-104)75-66-60-54-42-36-30-24-5)124-105-82-73-79-102(92-105)76-67-61-55-43-37-31-25-6/h71-73,77-82,87-96,109H,20-70,74-76,83-86H2,1-19H3. The summed E-state index contributed by atoms with van der Waals surface area (Å²) in [4.78, 5) is 0. The molecule has 0 saturated carbocycles. The predicted molar refractivity (Wildman–Crippen MR) is 567 cm³/mol. The Kier molecular flexibility index (Phi) is 59.2. The summed E-state index contributed by atoms with van der Waals surface area (Å²) in [7, 11) is -5.53. The van der Waals surface area contributed by atoms with Crippen molar-refractivity contribution in [3.63, 3.8) is 0 Å². The summed E-state index contributed by atoms with van der Waals surface area (Å²) < 4.78 is 64.0. The molecule has 0 spiro atoms. The van der Waals surface area contributed by atoms with Gasteiger partial charge in [0.25, 0.3) is 0 Å². The maximum absolute atomic E-state index is 7.40. The monoisotopic (exact) mass is 1850 g/mol. The topological polar surface area (TPSA) is 83.1 Å². The number of aryl methyl sites for hydroxylation is 6. The molecule has 6 rings (SSSR count). The van der Waals surface area contributed by atoms with Crippen molar-refractivity contribution >= 4 is 25.8 Å². The zero-order valence-corrected chi connectivity index (χ0v) is 89.8. The quantitative estimate of drug-likeness (QED) is 0.0274. The van der Waals surface area contributed by atoms with Gasteiger partial charge in [0.15, 0.2) is 0 Å². The van der Waals surface area contributed by atoms with Crippen molar-refractivity contribution in [2.45, 2.75) is 513 Å². The van der Waals surface area contributed by atoms with Gasteiger partial charge in [-0.15, -0.1) is 0 Å². The highest BCUT2D eigenvalue weighted by Crippen LogP contribution is 2.53. The van der Waals surface area contributed by atoms with E-state index in [9.17, 15) is 0 Å². The Morgan fingerprint density at radius 1 is 0.246 bits per heavy atom. The lowest BCUT2D eigenvalue weighted by molar-refractivity contribution is 0.197. The van der Waals surface area contributed by atoms with E-state index in [-0.39, 0.29) is 28.1 Å². The van der Waals surface area contributed by atoms with Crippen LogP contribution >= 0.6 is 25.8 Å². The van der Waals surface area contributed by atoms with Gasteiger partial charge in [-0.05, 0) is 212 Å². The molecule has 130 heavy (non-hydrogen) atoms. The molecule has 9 nitrogen and oxygen atoms in total. The Labute approximate surface area is 804 Å². The van der Waals surface area contributed by atoms with Gasteiger partial charge in [-0.3, -0.25) is 4.52 Å². The number of hydrogen-bond donors (Lipinski definition) is 0. The van der Waals surface area contributed by atoms with Crippen molar-refractivity contribution < 1.29 is 40.7 Å². The first-order valence-corrected chi connectivity index (χ1v) is 57.3. The highest BCUT2D eigenvalue weighted by molar-refractivity contribution is 7.43. The summed E-state index contributed by atoms with van der Waals surface area (Å²) in [6, 6.07) is 40.5. The zero-order chi connectivity index (χ0) is 93.9. The second-order valence-corrected chi connectivity index (χ2v) is 45.1. The second kappa shape index (κ2) is 67.5. The molecule has 0 amide bonds. The molecule has 0 bridgehead atoms. The Bertz CT molecular complexity index is 3800. The third kappa shape index (κ3) is 47.4. The van der Waals surface area contributed by atoms with Crippen LogP contribution in [-0.4, -0.2) is 19.8 Å². The number of rotatable bonds is 77. The van der Waals surface area contributed by atoms with Crippen LogP contribution in [0.1, 0.15) is 523 Å². The fourth-order valence-corrected chi connectivity index (χ4v) is 21.4. The number of hydrogen-bond acceptors (Lipinski definition) is 9. The van der Waals surface area contributed by atoms with Gasteiger partial charge in [-0.25, -0.2) is 0 Å². The third-order valence-corrected chi connectivity index (χ3v) is 29.7. The van der Waals surface area contributed by atoms with E-state index in [1.165, 1.54) is 326 Å². The van der Waals surface area contributed by atoms with Gasteiger partial charge >= 0.3 is 25.8 Å². The van der Waals surface area contributed by atoms with E-state index < -0.39 is 25.8 Å². The molecule has 0 N–H and O–H groups in total. The molecule has 0 heterocycles. The average molecular weight is 1850 g/mol. The van der Waals surface area contributed by atoms with Crippen LogP contribution in [0.5, 0.6) is 34.5 Å². The average Bonchev–Trinajstić information content (AvgIpc) is 0.758. The predicted octanol–water partition coefficient (Wildman–Crippen LogP) is 40.6. The molecular weight excluding hydrogens is 1650 g/mol. The third-order valence-electron chi connectivity index (χ3n) is 26.4. The number of benzene rings is 6. The summed E-state index contributed by atoms with van der Waals surface area (Å²) >= 11 is 0. The van der Waals surface area contributed by atoms with E-state index in [2.05, 4.69) is 241 Å². The highest BCUT2D eigenvalue weighted by Gasteiger charge is 2.35. The highest BCUT2D eigenvalue weighted by atomic mass is 31.2. The molecule has 6 aromatic rings. The lowest BCUT2D eigenvalue weighted by Gasteiger charge is -2.33. The Balaban J connectivity index is 1.46. The van der Waals surface area contributed by atoms with E-state index in [0.717, 1.165) is 128 Å². The van der Waals surface area contributed by atoms with Crippen molar-refractivity contribution in [2.24, 2.45) is 0 Å². The van der Waals surface area contributed by atoms with Gasteiger partial charge in [0.1, 0.15) is 34.5 Å². The molecule has 0 saturated heterocycles. The fraction of sp³-hybridized carbons (Fsp3) is 0.695. The van der Waals surface area contributed by atoms with E-state index in [1.54, 1.807) is 0 Å². The Morgan fingerprint density at radius 2 is 0.477 bits per heavy atom. The van der Waals surface area contributed by atoms with Crippen LogP contribution < -0.4 is 27.1 Å². The van der Waals surface area contributed by atoms with Crippen LogP contribution in [0.25, 0.3) is 0 Å². The fourth-order valence-electron chi connectivity index (χ4n) is 18.3. The molecule has 0 aliphatic heterocycles. The lowest BCUT2D eigenvalue weighted by atomic mass is 9.74. The molecular formula is C118H193O9P3. The Hall–Kier alpha value is -4.71. The van der Waals surface area contributed by atoms with Gasteiger partial charge in [0.05, 0.1) is 19.8 Å². The molecule has 6 aromatic carbocycles. The van der Waals surface area contributed by atoms with E-state index in [0.29, 0.717) is 19.8 Å². The van der Waals surface area contributed by atoms with Gasteiger partial charge in [0, 0.05) is 22.6 Å². The van der Waals surface area contributed by atoms with Gasteiger partial charge in [0.2, 0.25) is 0 Å². The molecule has 0 aliphatic rings. The summed E-state index contributed by atoms with van der Waals surface area (Å²) in [5, 5.41) is 0. The SMILES string of the molecule is CCCCCCCCCCCCOP(OCCCCCCCCCCCC)Oc1cc(C)c(C(CC(C)c2cc(C(C)(C)C)c(OP(Oc3cccc(CCCCCCCCC)c3)Oc3cccc(CCCCCCCCC)c3)cc2C)c2cc(C(C)(C)C)c(OP(OCCCCCCCCCCCC)Oc3cccc(CCCCCCCCC)c3)cc2C)cc1C(C)(C)C. The van der Waals surface area contributed by atoms with Crippen molar-refractivity contribution in [3.8, 4) is 34.5 Å². The van der Waals surface area contributed by atoms with Crippen LogP contribution in [-0.2, 0) is 49.1 Å². The first-order valence-electron chi connectivity index (χ1n) is 54.0. The van der Waals surface area contributed by atoms with Crippen LogP contribution in [0.3, 0.4) is 0 Å². The smallest absolute Gasteiger partial charge is 0.426 e. The minimum Gasteiger partial charge on any atom is -0.426 e. The summed E-state index contributed by atoms with van der Waals surface area (Å²) in [6.45, 7) is 46.0. The molecule has 0 aliphatic carbocycles. The molecule has 12 heteroatoms.